The van der Waals surface area contributed by atoms with Gasteiger partial charge in [-0.25, -0.2) is 13.1 Å². The van der Waals surface area contributed by atoms with Gasteiger partial charge in [0.25, 0.3) is 0 Å². The van der Waals surface area contributed by atoms with E-state index >= 15 is 0 Å². The van der Waals surface area contributed by atoms with Crippen LogP contribution in [0.25, 0.3) is 10.9 Å². The molecule has 2 heterocycles. The number of hydrogen-bond donors (Lipinski definition) is 0. The zero-order valence-electron chi connectivity index (χ0n) is 21.1. The number of halogens is 2. The first-order valence-corrected chi connectivity index (χ1v) is 18.5. The maximum absolute atomic E-state index is 13.4. The molecule has 0 saturated carbocycles. The fourth-order valence-corrected chi connectivity index (χ4v) is 7.22. The molecule has 0 aliphatic carbocycles. The summed E-state index contributed by atoms with van der Waals surface area (Å²) in [5.74, 6) is 0. The van der Waals surface area contributed by atoms with Crippen molar-refractivity contribution in [1.82, 2.24) is 19.0 Å². The zero-order chi connectivity index (χ0) is 25.9. The normalized spacial score (nSPS) is 16.1. The molecule has 0 amide bonds. The van der Waals surface area contributed by atoms with E-state index in [2.05, 4.69) is 45.6 Å². The third-order valence-corrected chi connectivity index (χ3v) is 10.8. The van der Waals surface area contributed by atoms with Crippen LogP contribution in [-0.4, -0.2) is 74.8 Å². The molecular formula is C25H34BrClN4O3SSi. The number of aromatic nitrogens is 2. The molecule has 0 unspecified atom stereocenters. The van der Waals surface area contributed by atoms with Crippen LogP contribution in [0.15, 0.2) is 52.0 Å². The van der Waals surface area contributed by atoms with Crippen molar-refractivity contribution < 1.29 is 13.2 Å². The van der Waals surface area contributed by atoms with Crippen LogP contribution in [0, 0.1) is 0 Å². The molecule has 1 aliphatic rings. The first-order chi connectivity index (χ1) is 17.0. The van der Waals surface area contributed by atoms with Gasteiger partial charge >= 0.3 is 0 Å². The van der Waals surface area contributed by atoms with Crippen LogP contribution < -0.4 is 0 Å². The number of sulfonamides is 1. The summed E-state index contributed by atoms with van der Waals surface area (Å²) >= 11 is 9.50. The lowest BCUT2D eigenvalue weighted by atomic mass is 10.1. The Morgan fingerprint density at radius 2 is 1.78 bits per heavy atom. The van der Waals surface area contributed by atoms with Crippen molar-refractivity contribution in [2.45, 2.75) is 43.7 Å². The van der Waals surface area contributed by atoms with Crippen molar-refractivity contribution in [3.63, 3.8) is 0 Å². The summed E-state index contributed by atoms with van der Waals surface area (Å²) in [5.41, 5.74) is 1.96. The molecule has 196 valence electrons. The highest BCUT2D eigenvalue weighted by Crippen LogP contribution is 2.29. The number of piperazine rings is 1. The van der Waals surface area contributed by atoms with Crippen LogP contribution in [0.3, 0.4) is 0 Å². The van der Waals surface area contributed by atoms with E-state index in [1.54, 1.807) is 21.1 Å². The Labute approximate surface area is 228 Å². The van der Waals surface area contributed by atoms with Crippen molar-refractivity contribution in [1.29, 1.82) is 0 Å². The van der Waals surface area contributed by atoms with Crippen molar-refractivity contribution in [2.24, 2.45) is 0 Å². The van der Waals surface area contributed by atoms with E-state index in [1.165, 1.54) is 5.56 Å². The standard InChI is InChI=1S/C25H34BrClN4O3SSi/c1-36(2,3)15-14-34-19-30-18-21-16-23(17-24(26)25(21)28-30)35(32,33)31-12-10-29(11-13-31)9-8-20-4-6-22(27)7-5-20/h4-7,16-18H,8-15,19H2,1-3H3. The molecule has 1 fully saturated rings. The van der Waals surface area contributed by atoms with Crippen molar-refractivity contribution >= 4 is 56.5 Å². The van der Waals surface area contributed by atoms with Gasteiger partial charge in [0.2, 0.25) is 10.0 Å². The molecule has 0 radical (unpaired) electrons. The van der Waals surface area contributed by atoms with Gasteiger partial charge in [-0.2, -0.15) is 9.40 Å². The highest BCUT2D eigenvalue weighted by Gasteiger charge is 2.29. The monoisotopic (exact) mass is 612 g/mol. The number of nitrogens with zero attached hydrogens (tertiary/aromatic N) is 4. The lowest BCUT2D eigenvalue weighted by Crippen LogP contribution is -2.49. The first-order valence-electron chi connectivity index (χ1n) is 12.2. The number of fused-ring (bicyclic) bond motifs is 1. The second-order valence-corrected chi connectivity index (χ2v) is 19.3. The van der Waals surface area contributed by atoms with Gasteiger partial charge in [-0.15, -0.1) is 0 Å². The van der Waals surface area contributed by atoms with E-state index in [4.69, 9.17) is 16.3 Å². The number of benzene rings is 2. The fraction of sp³-hybridized carbons (Fsp3) is 0.480. The SMILES string of the molecule is C[Si](C)(C)CCOCn1cc2cc(S(=O)(=O)N3CCN(CCc4ccc(Cl)cc4)CC3)cc(Br)c2n1. The minimum Gasteiger partial charge on any atom is -0.360 e. The Morgan fingerprint density at radius 1 is 1.08 bits per heavy atom. The molecule has 3 aromatic rings. The van der Waals surface area contributed by atoms with Gasteiger partial charge in [0.15, 0.2) is 0 Å². The van der Waals surface area contributed by atoms with E-state index in [1.807, 2.05) is 30.5 Å². The molecule has 1 aromatic heterocycles. The lowest BCUT2D eigenvalue weighted by molar-refractivity contribution is 0.0791. The number of hydrogen-bond acceptors (Lipinski definition) is 5. The highest BCUT2D eigenvalue weighted by molar-refractivity contribution is 9.10. The highest BCUT2D eigenvalue weighted by atomic mass is 79.9. The molecule has 7 nitrogen and oxygen atoms in total. The molecule has 1 aliphatic heterocycles. The molecule has 2 aromatic carbocycles. The Hall–Kier alpha value is -1.27. The van der Waals surface area contributed by atoms with E-state index in [9.17, 15) is 8.42 Å². The average molecular weight is 614 g/mol. The molecule has 1 saturated heterocycles. The summed E-state index contributed by atoms with van der Waals surface area (Å²) in [7, 11) is -4.75. The quantitative estimate of drug-likeness (QED) is 0.229. The molecule has 11 heteroatoms. The Kier molecular flexibility index (Phi) is 8.97. The van der Waals surface area contributed by atoms with Crippen LogP contribution in [0.5, 0.6) is 0 Å². The Bertz CT molecular complexity index is 1290. The molecule has 0 atom stereocenters. The largest absolute Gasteiger partial charge is 0.360 e. The predicted octanol–water partition coefficient (Wildman–Crippen LogP) is 5.31. The predicted molar refractivity (Wildman–Crippen MR) is 152 cm³/mol. The number of ether oxygens (including phenoxy) is 1. The van der Waals surface area contributed by atoms with Gasteiger partial charge < -0.3 is 9.64 Å². The van der Waals surface area contributed by atoms with Crippen molar-refractivity contribution in [2.75, 3.05) is 39.3 Å². The van der Waals surface area contributed by atoms with Gasteiger partial charge in [0.05, 0.1) is 4.90 Å². The fourth-order valence-electron chi connectivity index (χ4n) is 4.15. The van der Waals surface area contributed by atoms with Crippen molar-refractivity contribution in [3.05, 3.63) is 57.7 Å². The second-order valence-electron chi connectivity index (χ2n) is 10.5. The lowest BCUT2D eigenvalue weighted by Gasteiger charge is -2.34. The third kappa shape index (κ3) is 7.18. The minimum atomic E-state index is -3.60. The topological polar surface area (TPSA) is 67.7 Å². The van der Waals surface area contributed by atoms with Gasteiger partial charge in [-0.1, -0.05) is 43.4 Å². The average Bonchev–Trinajstić information content (AvgIpc) is 3.25. The maximum atomic E-state index is 13.4. The third-order valence-electron chi connectivity index (χ3n) is 6.40. The van der Waals surface area contributed by atoms with Gasteiger partial charge in [-0.05, 0) is 58.2 Å². The van der Waals surface area contributed by atoms with Gasteiger partial charge in [0, 0.05) is 68.5 Å². The smallest absolute Gasteiger partial charge is 0.243 e. The van der Waals surface area contributed by atoms with E-state index in [-0.39, 0.29) is 4.90 Å². The minimum absolute atomic E-state index is 0.288. The van der Waals surface area contributed by atoms with Crippen LogP contribution in [0.1, 0.15) is 5.56 Å². The van der Waals surface area contributed by atoms with E-state index in [0.717, 1.165) is 34.9 Å². The first kappa shape index (κ1) is 27.8. The summed E-state index contributed by atoms with van der Waals surface area (Å²) in [6, 6.07) is 12.4. The molecular weight excluding hydrogens is 580 g/mol. The molecule has 0 spiro atoms. The van der Waals surface area contributed by atoms with Crippen LogP contribution in [0.4, 0.5) is 0 Å². The van der Waals surface area contributed by atoms with E-state index < -0.39 is 18.1 Å². The molecule has 4 rings (SSSR count). The summed E-state index contributed by atoms with van der Waals surface area (Å²) in [5, 5.41) is 6.09. The van der Waals surface area contributed by atoms with Crippen LogP contribution in [-0.2, 0) is 27.9 Å². The van der Waals surface area contributed by atoms with Gasteiger partial charge in [0.1, 0.15) is 12.2 Å². The van der Waals surface area contributed by atoms with Gasteiger partial charge in [-0.3, -0.25) is 0 Å². The van der Waals surface area contributed by atoms with Crippen LogP contribution in [0.2, 0.25) is 30.7 Å². The summed E-state index contributed by atoms with van der Waals surface area (Å²) in [6.45, 7) is 11.3. The molecule has 0 N–H and O–H groups in total. The maximum Gasteiger partial charge on any atom is 0.243 e. The summed E-state index contributed by atoms with van der Waals surface area (Å²) in [4.78, 5) is 2.60. The summed E-state index contributed by atoms with van der Waals surface area (Å²) in [6.07, 6.45) is 2.77. The number of rotatable bonds is 10. The molecule has 36 heavy (non-hydrogen) atoms. The second kappa shape index (κ2) is 11.6. The van der Waals surface area contributed by atoms with Crippen LogP contribution >= 0.6 is 27.5 Å². The molecule has 0 bridgehead atoms. The van der Waals surface area contributed by atoms with E-state index in [0.29, 0.717) is 44.0 Å². The Balaban J connectivity index is 1.37. The van der Waals surface area contributed by atoms with Crippen molar-refractivity contribution in [3.8, 4) is 0 Å². The summed E-state index contributed by atoms with van der Waals surface area (Å²) < 4.78 is 36.7. The zero-order valence-corrected chi connectivity index (χ0v) is 25.2. The Morgan fingerprint density at radius 3 is 2.44 bits per heavy atom.